The molecule has 1 N–H and O–H groups in total. The standard InChI is InChI=1S/C18H28O3/c19-17(16-14-11-1-2-12(9-11)15(14)16)13-3-6-21-18(10-13)4-7-20-8-5-18/h11-17,19H,1-10H2. The van der Waals surface area contributed by atoms with Crippen molar-refractivity contribution >= 4 is 0 Å². The molecule has 2 heterocycles. The first kappa shape index (κ1) is 13.3. The Kier molecular flexibility index (Phi) is 2.98. The number of hydrogen-bond donors (Lipinski definition) is 1. The zero-order valence-corrected chi connectivity index (χ0v) is 12.9. The average molecular weight is 292 g/mol. The molecule has 0 aromatic rings. The van der Waals surface area contributed by atoms with Gasteiger partial charge in [-0.25, -0.2) is 0 Å². The molecule has 3 aliphatic carbocycles. The van der Waals surface area contributed by atoms with Crippen molar-refractivity contribution in [1.82, 2.24) is 0 Å². The molecule has 2 bridgehead atoms. The van der Waals surface area contributed by atoms with Crippen LogP contribution in [0.4, 0.5) is 0 Å². The molecule has 2 aliphatic heterocycles. The highest BCUT2D eigenvalue weighted by Gasteiger charge is 2.67. The lowest BCUT2D eigenvalue weighted by atomic mass is 9.76. The molecule has 3 nitrogen and oxygen atoms in total. The highest BCUT2D eigenvalue weighted by molar-refractivity contribution is 5.15. The third kappa shape index (κ3) is 1.96. The molecule has 0 radical (unpaired) electrons. The highest BCUT2D eigenvalue weighted by atomic mass is 16.5. The van der Waals surface area contributed by atoms with Gasteiger partial charge in [0.1, 0.15) is 0 Å². The van der Waals surface area contributed by atoms with Crippen molar-refractivity contribution in [3.63, 3.8) is 0 Å². The molecule has 2 saturated heterocycles. The number of fused-ring (bicyclic) bond motifs is 5. The number of aliphatic hydroxyl groups is 1. The molecule has 0 aromatic carbocycles. The summed E-state index contributed by atoms with van der Waals surface area (Å²) in [7, 11) is 0. The first-order valence-electron chi connectivity index (χ1n) is 9.17. The summed E-state index contributed by atoms with van der Waals surface area (Å²) in [5.41, 5.74) is 0.0329. The van der Waals surface area contributed by atoms with Crippen molar-refractivity contribution in [2.75, 3.05) is 19.8 Å². The van der Waals surface area contributed by atoms with E-state index in [0.29, 0.717) is 11.8 Å². The highest BCUT2D eigenvalue weighted by Crippen LogP contribution is 2.71. The smallest absolute Gasteiger partial charge is 0.0730 e. The van der Waals surface area contributed by atoms with E-state index < -0.39 is 0 Å². The van der Waals surface area contributed by atoms with Gasteiger partial charge in [0.25, 0.3) is 0 Å². The van der Waals surface area contributed by atoms with Crippen LogP contribution in [0, 0.1) is 35.5 Å². The Morgan fingerprint density at radius 2 is 1.67 bits per heavy atom. The first-order valence-corrected chi connectivity index (χ1v) is 9.17. The van der Waals surface area contributed by atoms with Gasteiger partial charge in [-0.05, 0) is 80.5 Å². The number of ether oxygens (including phenoxy) is 2. The summed E-state index contributed by atoms with van der Waals surface area (Å²) in [4.78, 5) is 0. The predicted octanol–water partition coefficient (Wildman–Crippen LogP) is 2.62. The molecule has 3 saturated carbocycles. The minimum absolute atomic E-state index is 0.0329. The number of rotatable bonds is 2. The van der Waals surface area contributed by atoms with Gasteiger partial charge < -0.3 is 14.6 Å². The lowest BCUT2D eigenvalue weighted by molar-refractivity contribution is -0.160. The number of hydrogen-bond acceptors (Lipinski definition) is 3. The lowest BCUT2D eigenvalue weighted by Crippen LogP contribution is -2.47. The second kappa shape index (κ2) is 4.69. The van der Waals surface area contributed by atoms with Crippen LogP contribution in [0.3, 0.4) is 0 Å². The van der Waals surface area contributed by atoms with Crippen LogP contribution in [-0.2, 0) is 9.47 Å². The zero-order valence-electron chi connectivity index (χ0n) is 12.9. The van der Waals surface area contributed by atoms with Crippen molar-refractivity contribution < 1.29 is 14.6 Å². The summed E-state index contributed by atoms with van der Waals surface area (Å²) in [5.74, 6) is 4.86. The van der Waals surface area contributed by atoms with E-state index in [1.807, 2.05) is 0 Å². The minimum atomic E-state index is -0.0491. The molecule has 0 amide bonds. The van der Waals surface area contributed by atoms with Crippen molar-refractivity contribution in [2.24, 2.45) is 35.5 Å². The Morgan fingerprint density at radius 3 is 2.38 bits per heavy atom. The Labute approximate surface area is 127 Å². The van der Waals surface area contributed by atoms with Gasteiger partial charge in [-0.3, -0.25) is 0 Å². The van der Waals surface area contributed by atoms with Gasteiger partial charge in [0, 0.05) is 19.8 Å². The van der Waals surface area contributed by atoms with Crippen molar-refractivity contribution in [3.8, 4) is 0 Å². The molecular weight excluding hydrogens is 264 g/mol. The SMILES string of the molecule is OC(C1CCOC2(CCOCC2)C1)C1C2C3CCC(C3)C21. The molecule has 118 valence electrons. The summed E-state index contributed by atoms with van der Waals surface area (Å²) >= 11 is 0. The maximum atomic E-state index is 11.0. The summed E-state index contributed by atoms with van der Waals surface area (Å²) in [5, 5.41) is 11.0. The summed E-state index contributed by atoms with van der Waals surface area (Å²) < 4.78 is 11.7. The summed E-state index contributed by atoms with van der Waals surface area (Å²) in [6.07, 6.45) is 8.52. The van der Waals surface area contributed by atoms with E-state index in [0.717, 1.165) is 69.2 Å². The van der Waals surface area contributed by atoms with E-state index in [1.165, 1.54) is 19.3 Å². The molecule has 5 rings (SSSR count). The van der Waals surface area contributed by atoms with Crippen LogP contribution in [0.15, 0.2) is 0 Å². The number of aliphatic hydroxyl groups excluding tert-OH is 1. The average Bonchev–Trinajstić information content (AvgIpc) is 2.94. The van der Waals surface area contributed by atoms with E-state index >= 15 is 0 Å². The van der Waals surface area contributed by atoms with Gasteiger partial charge in [-0.1, -0.05) is 0 Å². The van der Waals surface area contributed by atoms with Crippen molar-refractivity contribution in [1.29, 1.82) is 0 Å². The molecule has 6 unspecified atom stereocenters. The van der Waals surface area contributed by atoms with E-state index in [9.17, 15) is 5.11 Å². The molecule has 21 heavy (non-hydrogen) atoms. The van der Waals surface area contributed by atoms with Crippen LogP contribution < -0.4 is 0 Å². The molecule has 5 fully saturated rings. The second-order valence-electron chi connectivity index (χ2n) is 8.45. The van der Waals surface area contributed by atoms with Crippen molar-refractivity contribution in [3.05, 3.63) is 0 Å². The van der Waals surface area contributed by atoms with Crippen LogP contribution in [0.1, 0.15) is 44.9 Å². The molecule has 5 aliphatic rings. The van der Waals surface area contributed by atoms with Gasteiger partial charge in [0.15, 0.2) is 0 Å². The fraction of sp³-hybridized carbons (Fsp3) is 1.00. The molecule has 6 atom stereocenters. The van der Waals surface area contributed by atoms with Crippen LogP contribution in [0.25, 0.3) is 0 Å². The molecule has 3 heteroatoms. The lowest BCUT2D eigenvalue weighted by Gasteiger charge is -2.44. The van der Waals surface area contributed by atoms with Gasteiger partial charge in [-0.2, -0.15) is 0 Å². The van der Waals surface area contributed by atoms with E-state index in [4.69, 9.17) is 9.47 Å². The third-order valence-electron chi connectivity index (χ3n) is 7.61. The maximum absolute atomic E-state index is 11.0. The minimum Gasteiger partial charge on any atom is -0.393 e. The fourth-order valence-electron chi connectivity index (χ4n) is 6.61. The Morgan fingerprint density at radius 1 is 0.952 bits per heavy atom. The summed E-state index contributed by atoms with van der Waals surface area (Å²) in [6.45, 7) is 2.51. The van der Waals surface area contributed by atoms with Gasteiger partial charge in [-0.15, -0.1) is 0 Å². The molecule has 1 spiro atoms. The zero-order chi connectivity index (χ0) is 14.0. The van der Waals surface area contributed by atoms with Crippen LogP contribution in [-0.4, -0.2) is 36.6 Å². The van der Waals surface area contributed by atoms with Gasteiger partial charge >= 0.3 is 0 Å². The summed E-state index contributed by atoms with van der Waals surface area (Å²) in [6, 6.07) is 0. The Balaban J connectivity index is 1.28. The first-order chi connectivity index (χ1) is 10.3. The monoisotopic (exact) mass is 292 g/mol. The second-order valence-corrected chi connectivity index (χ2v) is 8.45. The maximum Gasteiger partial charge on any atom is 0.0730 e. The normalized spacial score (nSPS) is 51.9. The fourth-order valence-corrected chi connectivity index (χ4v) is 6.61. The Hall–Kier alpha value is -0.120. The van der Waals surface area contributed by atoms with Gasteiger partial charge in [0.05, 0.1) is 11.7 Å². The molecular formula is C18H28O3. The van der Waals surface area contributed by atoms with Crippen LogP contribution in [0.2, 0.25) is 0 Å². The third-order valence-corrected chi connectivity index (χ3v) is 7.61. The van der Waals surface area contributed by atoms with Crippen molar-refractivity contribution in [2.45, 2.75) is 56.7 Å². The molecule has 0 aromatic heterocycles. The predicted molar refractivity (Wildman–Crippen MR) is 78.8 cm³/mol. The van der Waals surface area contributed by atoms with Crippen LogP contribution >= 0.6 is 0 Å². The van der Waals surface area contributed by atoms with Crippen LogP contribution in [0.5, 0.6) is 0 Å². The largest absolute Gasteiger partial charge is 0.393 e. The van der Waals surface area contributed by atoms with Gasteiger partial charge in [0.2, 0.25) is 0 Å². The van der Waals surface area contributed by atoms with E-state index in [1.54, 1.807) is 0 Å². The van der Waals surface area contributed by atoms with E-state index in [2.05, 4.69) is 0 Å². The topological polar surface area (TPSA) is 38.7 Å². The quantitative estimate of drug-likeness (QED) is 0.850. The Bertz CT molecular complexity index is 395. The van der Waals surface area contributed by atoms with E-state index in [-0.39, 0.29) is 11.7 Å².